The van der Waals surface area contributed by atoms with Gasteiger partial charge in [-0.3, -0.25) is 0 Å². The fourth-order valence-electron chi connectivity index (χ4n) is 2.24. The highest BCUT2D eigenvalue weighted by Crippen LogP contribution is 2.36. The fourth-order valence-corrected chi connectivity index (χ4v) is 2.24. The number of esters is 1. The lowest BCUT2D eigenvalue weighted by molar-refractivity contribution is -0.146. The maximum atomic E-state index is 11.5. The molecule has 1 aromatic carbocycles. The Bertz CT molecular complexity index is 442. The van der Waals surface area contributed by atoms with Crippen LogP contribution in [-0.2, 0) is 16.0 Å². The van der Waals surface area contributed by atoms with Crippen LogP contribution in [0.3, 0.4) is 0 Å². The van der Waals surface area contributed by atoms with E-state index in [1.165, 1.54) is 0 Å². The predicted molar refractivity (Wildman–Crippen MR) is 71.1 cm³/mol. The van der Waals surface area contributed by atoms with Crippen molar-refractivity contribution in [2.45, 2.75) is 38.7 Å². The summed E-state index contributed by atoms with van der Waals surface area (Å²) in [5.41, 5.74) is 1.92. The quantitative estimate of drug-likeness (QED) is 0.633. The number of hydrogen-bond acceptors (Lipinski definition) is 4. The van der Waals surface area contributed by atoms with Crippen LogP contribution in [0.15, 0.2) is 18.2 Å². The van der Waals surface area contributed by atoms with Crippen LogP contribution in [-0.4, -0.2) is 24.3 Å². The Morgan fingerprint density at radius 1 is 1.47 bits per heavy atom. The van der Waals surface area contributed by atoms with Crippen LogP contribution in [0.25, 0.3) is 0 Å². The second-order valence-electron chi connectivity index (χ2n) is 4.74. The Morgan fingerprint density at radius 3 is 3.11 bits per heavy atom. The molecule has 19 heavy (non-hydrogen) atoms. The molecule has 104 valence electrons. The van der Waals surface area contributed by atoms with E-state index in [1.807, 2.05) is 25.1 Å². The molecule has 1 aromatic rings. The summed E-state index contributed by atoms with van der Waals surface area (Å²) in [6, 6.07) is 5.57. The van der Waals surface area contributed by atoms with Crippen molar-refractivity contribution in [1.29, 1.82) is 0 Å². The fraction of sp³-hybridized carbons (Fsp3) is 0.533. The van der Waals surface area contributed by atoms with Crippen molar-refractivity contribution >= 4 is 5.97 Å². The maximum Gasteiger partial charge on any atom is 0.344 e. The van der Waals surface area contributed by atoms with Crippen LogP contribution >= 0.6 is 0 Å². The van der Waals surface area contributed by atoms with Gasteiger partial charge in [0.05, 0.1) is 12.7 Å². The molecule has 1 N–H and O–H groups in total. The van der Waals surface area contributed by atoms with Gasteiger partial charge in [0.2, 0.25) is 0 Å². The Kier molecular flexibility index (Phi) is 4.80. The molecule has 4 nitrogen and oxygen atoms in total. The average Bonchev–Trinajstić information content (AvgIpc) is 2.79. The number of rotatable bonds is 6. The SMILES string of the molecule is CCCCOC(=O)COc1cccc2c1CCC2O. The van der Waals surface area contributed by atoms with Crippen molar-refractivity contribution in [2.24, 2.45) is 0 Å². The molecule has 0 saturated carbocycles. The monoisotopic (exact) mass is 264 g/mol. The minimum Gasteiger partial charge on any atom is -0.482 e. The van der Waals surface area contributed by atoms with Crippen LogP contribution in [0.1, 0.15) is 43.4 Å². The zero-order chi connectivity index (χ0) is 13.7. The van der Waals surface area contributed by atoms with E-state index in [9.17, 15) is 9.90 Å². The first kappa shape index (κ1) is 13.9. The van der Waals surface area contributed by atoms with Gasteiger partial charge in [-0.25, -0.2) is 4.79 Å². The standard InChI is InChI=1S/C15H20O4/c1-2-3-9-18-15(17)10-19-14-6-4-5-11-12(14)7-8-13(11)16/h4-6,13,16H,2-3,7-10H2,1H3. The van der Waals surface area contributed by atoms with Crippen LogP contribution < -0.4 is 4.74 Å². The zero-order valence-corrected chi connectivity index (χ0v) is 11.2. The van der Waals surface area contributed by atoms with E-state index in [4.69, 9.17) is 9.47 Å². The molecular formula is C15H20O4. The van der Waals surface area contributed by atoms with E-state index < -0.39 is 6.10 Å². The number of aliphatic hydroxyl groups excluding tert-OH is 1. The lowest BCUT2D eigenvalue weighted by atomic mass is 10.1. The summed E-state index contributed by atoms with van der Waals surface area (Å²) in [5.74, 6) is 0.339. The van der Waals surface area contributed by atoms with Gasteiger partial charge >= 0.3 is 5.97 Å². The smallest absolute Gasteiger partial charge is 0.344 e. The lowest BCUT2D eigenvalue weighted by Gasteiger charge is -2.11. The first-order valence-corrected chi connectivity index (χ1v) is 6.80. The second kappa shape index (κ2) is 6.57. The van der Waals surface area contributed by atoms with Gasteiger partial charge in [0, 0.05) is 5.56 Å². The molecule has 0 radical (unpaired) electrons. The normalized spacial score (nSPS) is 17.1. The number of benzene rings is 1. The van der Waals surface area contributed by atoms with Gasteiger partial charge in [0.15, 0.2) is 6.61 Å². The van der Waals surface area contributed by atoms with Crippen LogP contribution in [0.2, 0.25) is 0 Å². The van der Waals surface area contributed by atoms with Crippen molar-refractivity contribution in [1.82, 2.24) is 0 Å². The predicted octanol–water partition coefficient (Wildman–Crippen LogP) is 2.39. The molecule has 0 spiro atoms. The Balaban J connectivity index is 1.89. The largest absolute Gasteiger partial charge is 0.482 e. The molecule has 0 saturated heterocycles. The highest BCUT2D eigenvalue weighted by atomic mass is 16.6. The molecule has 1 aliphatic rings. The molecule has 1 aliphatic carbocycles. The Morgan fingerprint density at radius 2 is 2.32 bits per heavy atom. The number of unbranched alkanes of at least 4 members (excludes halogenated alkanes) is 1. The van der Waals surface area contributed by atoms with Gasteiger partial charge < -0.3 is 14.6 Å². The van der Waals surface area contributed by atoms with Gasteiger partial charge in [-0.05, 0) is 30.9 Å². The summed E-state index contributed by atoms with van der Waals surface area (Å²) in [4.78, 5) is 11.5. The van der Waals surface area contributed by atoms with E-state index in [0.29, 0.717) is 12.4 Å². The van der Waals surface area contributed by atoms with Crippen molar-refractivity contribution < 1.29 is 19.4 Å². The molecule has 1 unspecified atom stereocenters. The van der Waals surface area contributed by atoms with Crippen LogP contribution in [0.5, 0.6) is 5.75 Å². The Labute approximate surface area is 113 Å². The minimum atomic E-state index is -0.407. The molecule has 0 fully saturated rings. The van der Waals surface area contributed by atoms with Crippen LogP contribution in [0, 0.1) is 0 Å². The third-order valence-electron chi connectivity index (χ3n) is 3.30. The summed E-state index contributed by atoms with van der Waals surface area (Å²) < 4.78 is 10.5. The van der Waals surface area contributed by atoms with Crippen molar-refractivity contribution in [3.63, 3.8) is 0 Å². The average molecular weight is 264 g/mol. The molecule has 0 bridgehead atoms. The van der Waals surface area contributed by atoms with Gasteiger partial charge in [0.25, 0.3) is 0 Å². The van der Waals surface area contributed by atoms with Crippen LogP contribution in [0.4, 0.5) is 0 Å². The number of aliphatic hydroxyl groups is 1. The minimum absolute atomic E-state index is 0.0732. The molecule has 0 heterocycles. The number of carbonyl (C=O) groups excluding carboxylic acids is 1. The summed E-state index contributed by atoms with van der Waals surface area (Å²) >= 11 is 0. The lowest BCUT2D eigenvalue weighted by Crippen LogP contribution is -2.16. The van der Waals surface area contributed by atoms with E-state index in [-0.39, 0.29) is 12.6 Å². The van der Waals surface area contributed by atoms with Crippen molar-refractivity contribution in [3.05, 3.63) is 29.3 Å². The molecule has 0 aliphatic heterocycles. The van der Waals surface area contributed by atoms with Gasteiger partial charge in [-0.2, -0.15) is 0 Å². The molecule has 2 rings (SSSR count). The first-order valence-electron chi connectivity index (χ1n) is 6.80. The highest BCUT2D eigenvalue weighted by molar-refractivity contribution is 5.71. The Hall–Kier alpha value is -1.55. The highest BCUT2D eigenvalue weighted by Gasteiger charge is 2.23. The van der Waals surface area contributed by atoms with E-state index in [2.05, 4.69) is 0 Å². The maximum absolute atomic E-state index is 11.5. The van der Waals surface area contributed by atoms with Gasteiger partial charge in [-0.15, -0.1) is 0 Å². The summed E-state index contributed by atoms with van der Waals surface area (Å²) in [5, 5.41) is 9.78. The van der Waals surface area contributed by atoms with Gasteiger partial charge in [-0.1, -0.05) is 25.5 Å². The first-order chi connectivity index (χ1) is 9.22. The van der Waals surface area contributed by atoms with E-state index in [0.717, 1.165) is 36.8 Å². The third-order valence-corrected chi connectivity index (χ3v) is 3.30. The number of ether oxygens (including phenoxy) is 2. The van der Waals surface area contributed by atoms with Gasteiger partial charge in [0.1, 0.15) is 5.75 Å². The number of carbonyl (C=O) groups is 1. The third kappa shape index (κ3) is 3.47. The zero-order valence-electron chi connectivity index (χ0n) is 11.2. The molecular weight excluding hydrogens is 244 g/mol. The number of fused-ring (bicyclic) bond motifs is 1. The van der Waals surface area contributed by atoms with Crippen molar-refractivity contribution in [3.8, 4) is 5.75 Å². The second-order valence-corrected chi connectivity index (χ2v) is 4.74. The molecule has 4 heteroatoms. The number of hydrogen-bond donors (Lipinski definition) is 1. The summed E-state index contributed by atoms with van der Waals surface area (Å²) in [6.45, 7) is 2.42. The van der Waals surface area contributed by atoms with E-state index in [1.54, 1.807) is 0 Å². The summed E-state index contributed by atoms with van der Waals surface area (Å²) in [6.07, 6.45) is 2.97. The molecule has 0 amide bonds. The molecule has 1 atom stereocenters. The van der Waals surface area contributed by atoms with E-state index >= 15 is 0 Å². The molecule has 0 aromatic heterocycles. The topological polar surface area (TPSA) is 55.8 Å². The summed E-state index contributed by atoms with van der Waals surface area (Å²) in [7, 11) is 0. The van der Waals surface area contributed by atoms with Crippen molar-refractivity contribution in [2.75, 3.05) is 13.2 Å².